The van der Waals surface area contributed by atoms with E-state index in [1.807, 2.05) is 4.72 Å². The molecule has 0 amide bonds. The Kier molecular flexibility index (Phi) is 2.96. The fourth-order valence-corrected chi connectivity index (χ4v) is 0.693. The van der Waals surface area contributed by atoms with Crippen LogP contribution in [0.1, 0.15) is 13.3 Å². The maximum absolute atomic E-state index is 9.83. The number of rotatable bonds is 3. The predicted octanol–water partition coefficient (Wildman–Crippen LogP) is -0.211. The molecule has 0 aliphatic rings. The average molecular weight is 139 g/mol. The summed E-state index contributed by atoms with van der Waals surface area (Å²) in [5, 5.41) is 0. The van der Waals surface area contributed by atoms with Crippen LogP contribution in [-0.4, -0.2) is 19.5 Å². The van der Waals surface area contributed by atoms with Crippen molar-refractivity contribution in [2.24, 2.45) is 0 Å². The predicted molar refractivity (Wildman–Crippen MR) is 29.8 cm³/mol. The molecule has 0 fully saturated rings. The van der Waals surface area contributed by atoms with Crippen molar-refractivity contribution in [3.05, 3.63) is 0 Å². The molecule has 0 aromatic rings. The molecule has 0 aliphatic carbocycles. The lowest BCUT2D eigenvalue weighted by molar-refractivity contribution is 0.467. The van der Waals surface area contributed by atoms with Crippen molar-refractivity contribution in [2.75, 3.05) is 6.54 Å². The Balaban J connectivity index is 3.42. The van der Waals surface area contributed by atoms with Crippen molar-refractivity contribution in [1.82, 2.24) is 4.72 Å². The smallest absolute Gasteiger partial charge is 0.273 e. The molecule has 0 atom stereocenters. The standard InChI is InChI=1S/C3H9NO3S/c1-2-3-4-8(5,6)7/h4H,2-3H2,1H3,(H,5,6,7). The fourth-order valence-electron chi connectivity index (χ4n) is 0.231. The minimum atomic E-state index is -3.94. The molecule has 0 heterocycles. The molecule has 0 saturated carbocycles. The minimum Gasteiger partial charge on any atom is -0.273 e. The topological polar surface area (TPSA) is 66.4 Å². The van der Waals surface area contributed by atoms with Crippen LogP contribution in [0.3, 0.4) is 0 Å². The normalized spacial score (nSPS) is 11.8. The van der Waals surface area contributed by atoms with E-state index in [-0.39, 0.29) is 0 Å². The Labute approximate surface area is 48.8 Å². The van der Waals surface area contributed by atoms with Gasteiger partial charge in [-0.25, -0.2) is 0 Å². The molecule has 2 N–H and O–H groups in total. The van der Waals surface area contributed by atoms with Gasteiger partial charge in [-0.3, -0.25) is 4.55 Å². The molecular weight excluding hydrogens is 130 g/mol. The molecule has 8 heavy (non-hydrogen) atoms. The van der Waals surface area contributed by atoms with E-state index in [0.29, 0.717) is 13.0 Å². The van der Waals surface area contributed by atoms with E-state index in [9.17, 15) is 8.42 Å². The lowest BCUT2D eigenvalue weighted by Crippen LogP contribution is -2.22. The molecule has 0 aliphatic heterocycles. The van der Waals surface area contributed by atoms with Crippen LogP contribution in [-0.2, 0) is 10.3 Å². The van der Waals surface area contributed by atoms with Crippen LogP contribution in [0.5, 0.6) is 0 Å². The molecule has 0 aromatic carbocycles. The molecule has 0 unspecified atom stereocenters. The molecule has 0 radical (unpaired) electrons. The largest absolute Gasteiger partial charge is 0.333 e. The van der Waals surface area contributed by atoms with E-state index in [1.165, 1.54) is 0 Å². The van der Waals surface area contributed by atoms with Crippen LogP contribution in [0, 0.1) is 0 Å². The summed E-state index contributed by atoms with van der Waals surface area (Å²) in [6.45, 7) is 2.09. The van der Waals surface area contributed by atoms with Gasteiger partial charge in [-0.1, -0.05) is 6.92 Å². The molecule has 0 bridgehead atoms. The number of hydrogen-bond donors (Lipinski definition) is 2. The van der Waals surface area contributed by atoms with Gasteiger partial charge in [-0.15, -0.1) is 0 Å². The summed E-state index contributed by atoms with van der Waals surface area (Å²) in [6, 6.07) is 0. The zero-order chi connectivity index (χ0) is 6.62. The summed E-state index contributed by atoms with van der Waals surface area (Å²) in [6.07, 6.45) is 0.680. The van der Waals surface area contributed by atoms with Crippen LogP contribution in [0.25, 0.3) is 0 Å². The highest BCUT2D eigenvalue weighted by molar-refractivity contribution is 7.83. The summed E-state index contributed by atoms with van der Waals surface area (Å²) >= 11 is 0. The van der Waals surface area contributed by atoms with Crippen molar-refractivity contribution in [3.8, 4) is 0 Å². The molecule has 4 nitrogen and oxygen atoms in total. The van der Waals surface area contributed by atoms with Crippen LogP contribution in [0.2, 0.25) is 0 Å². The molecule has 0 saturated heterocycles. The zero-order valence-corrected chi connectivity index (χ0v) is 5.40. The van der Waals surface area contributed by atoms with Crippen LogP contribution in [0.15, 0.2) is 0 Å². The number of hydrogen-bond acceptors (Lipinski definition) is 2. The maximum Gasteiger partial charge on any atom is 0.333 e. The first-order valence-corrected chi connectivity index (χ1v) is 3.72. The Bertz CT molecular complexity index is 139. The van der Waals surface area contributed by atoms with Gasteiger partial charge < -0.3 is 0 Å². The SMILES string of the molecule is CCCNS(=O)(=O)O. The highest BCUT2D eigenvalue weighted by Gasteiger charge is 1.97. The van der Waals surface area contributed by atoms with Gasteiger partial charge in [0.2, 0.25) is 0 Å². The third kappa shape index (κ3) is 5.87. The third-order valence-corrected chi connectivity index (χ3v) is 1.10. The van der Waals surface area contributed by atoms with Crippen LogP contribution < -0.4 is 4.72 Å². The summed E-state index contributed by atoms with van der Waals surface area (Å²) in [7, 11) is -3.94. The van der Waals surface area contributed by atoms with Crippen molar-refractivity contribution in [1.29, 1.82) is 0 Å². The summed E-state index contributed by atoms with van der Waals surface area (Å²) in [5.74, 6) is 0. The minimum absolute atomic E-state index is 0.291. The van der Waals surface area contributed by atoms with Crippen LogP contribution >= 0.6 is 0 Å². The first-order valence-electron chi connectivity index (χ1n) is 2.28. The van der Waals surface area contributed by atoms with Gasteiger partial charge in [0.15, 0.2) is 0 Å². The monoisotopic (exact) mass is 139 g/mol. The van der Waals surface area contributed by atoms with Crippen molar-refractivity contribution >= 4 is 10.3 Å². The second kappa shape index (κ2) is 3.01. The average Bonchev–Trinajstić information content (AvgIpc) is 1.59. The van der Waals surface area contributed by atoms with E-state index in [1.54, 1.807) is 6.92 Å². The second-order valence-electron chi connectivity index (χ2n) is 1.37. The Morgan fingerprint density at radius 3 is 2.25 bits per heavy atom. The van der Waals surface area contributed by atoms with Gasteiger partial charge in [-0.05, 0) is 6.42 Å². The Morgan fingerprint density at radius 1 is 1.62 bits per heavy atom. The van der Waals surface area contributed by atoms with Gasteiger partial charge in [0.05, 0.1) is 0 Å². The zero-order valence-electron chi connectivity index (χ0n) is 4.59. The summed E-state index contributed by atoms with van der Waals surface area (Å²) in [4.78, 5) is 0. The fraction of sp³-hybridized carbons (Fsp3) is 1.00. The first kappa shape index (κ1) is 7.87. The van der Waals surface area contributed by atoms with Gasteiger partial charge in [0.1, 0.15) is 0 Å². The van der Waals surface area contributed by atoms with Crippen molar-refractivity contribution in [2.45, 2.75) is 13.3 Å². The van der Waals surface area contributed by atoms with E-state index in [4.69, 9.17) is 4.55 Å². The van der Waals surface area contributed by atoms with Gasteiger partial charge >= 0.3 is 10.3 Å². The number of nitrogens with one attached hydrogen (secondary N) is 1. The first-order chi connectivity index (χ1) is 3.56. The summed E-state index contributed by atoms with van der Waals surface area (Å²) in [5.41, 5.74) is 0. The Morgan fingerprint density at radius 2 is 2.12 bits per heavy atom. The molecule has 0 spiro atoms. The second-order valence-corrected chi connectivity index (χ2v) is 2.61. The summed E-state index contributed by atoms with van der Waals surface area (Å²) < 4.78 is 29.6. The van der Waals surface area contributed by atoms with E-state index < -0.39 is 10.3 Å². The lowest BCUT2D eigenvalue weighted by Gasteiger charge is -1.93. The van der Waals surface area contributed by atoms with E-state index in [0.717, 1.165) is 0 Å². The molecule has 0 aromatic heterocycles. The van der Waals surface area contributed by atoms with Crippen molar-refractivity contribution < 1.29 is 13.0 Å². The Hall–Kier alpha value is -0.130. The highest BCUT2D eigenvalue weighted by atomic mass is 32.2. The quantitative estimate of drug-likeness (QED) is 0.531. The van der Waals surface area contributed by atoms with Gasteiger partial charge in [0.25, 0.3) is 0 Å². The van der Waals surface area contributed by atoms with Crippen molar-refractivity contribution in [3.63, 3.8) is 0 Å². The molecule has 0 rings (SSSR count). The molecule has 5 heteroatoms. The third-order valence-electron chi connectivity index (χ3n) is 0.534. The lowest BCUT2D eigenvalue weighted by atomic mass is 10.5. The van der Waals surface area contributed by atoms with Gasteiger partial charge in [-0.2, -0.15) is 13.1 Å². The molecule has 50 valence electrons. The van der Waals surface area contributed by atoms with Crippen LogP contribution in [0.4, 0.5) is 0 Å². The molecular formula is C3H9NO3S. The van der Waals surface area contributed by atoms with E-state index >= 15 is 0 Å². The highest BCUT2D eigenvalue weighted by Crippen LogP contribution is 1.74. The maximum atomic E-state index is 9.83. The van der Waals surface area contributed by atoms with E-state index in [2.05, 4.69) is 0 Å². The van der Waals surface area contributed by atoms with Gasteiger partial charge in [0, 0.05) is 6.54 Å².